The Bertz CT molecular complexity index is 326. The molecule has 1 unspecified atom stereocenters. The number of hydrogen-bond donors (Lipinski definition) is 2. The highest BCUT2D eigenvalue weighted by Gasteiger charge is 2.29. The van der Waals surface area contributed by atoms with Crippen LogP contribution in [0, 0.1) is 10.8 Å². The zero-order valence-corrected chi connectivity index (χ0v) is 13.0. The van der Waals surface area contributed by atoms with E-state index in [0.717, 1.165) is 51.7 Å². The third-order valence-corrected chi connectivity index (χ3v) is 4.81. The fraction of sp³-hybridized carbons (Fsp3) is 0.933. The predicted octanol–water partition coefficient (Wildman–Crippen LogP) is 1.14. The van der Waals surface area contributed by atoms with Crippen LogP contribution in [0.4, 0.5) is 0 Å². The molecule has 5 nitrogen and oxygen atoms in total. The summed E-state index contributed by atoms with van der Waals surface area (Å²) in [7, 11) is 0. The number of ether oxygens (including phenoxy) is 1. The second-order valence-electron chi connectivity index (χ2n) is 6.79. The normalized spacial score (nSPS) is 26.0. The minimum Gasteiger partial charge on any atom is -0.387 e. The average molecular weight is 282 g/mol. The number of morpholine rings is 1. The standard InChI is InChI=1S/C15H30N4O/c1-15(2,14(16)17)5-3-6-18-7-4-13(12-18)19-8-10-20-11-9-19/h13H,3-12H2,1-2H3,(H3,16,17). The molecule has 116 valence electrons. The van der Waals surface area contributed by atoms with Crippen LogP contribution in [0.2, 0.25) is 0 Å². The van der Waals surface area contributed by atoms with Crippen molar-refractivity contribution in [1.29, 1.82) is 5.41 Å². The lowest BCUT2D eigenvalue weighted by atomic mass is 9.86. The molecule has 0 radical (unpaired) electrons. The van der Waals surface area contributed by atoms with E-state index < -0.39 is 0 Å². The maximum Gasteiger partial charge on any atom is 0.0963 e. The Morgan fingerprint density at radius 3 is 2.65 bits per heavy atom. The molecule has 2 heterocycles. The molecule has 3 N–H and O–H groups in total. The van der Waals surface area contributed by atoms with E-state index in [1.54, 1.807) is 0 Å². The first-order valence-electron chi connectivity index (χ1n) is 7.88. The number of likely N-dealkylation sites (tertiary alicyclic amines) is 1. The van der Waals surface area contributed by atoms with Gasteiger partial charge in [-0.15, -0.1) is 0 Å². The lowest BCUT2D eigenvalue weighted by Gasteiger charge is -2.32. The highest BCUT2D eigenvalue weighted by atomic mass is 16.5. The molecule has 0 spiro atoms. The number of nitrogens with two attached hydrogens (primary N) is 1. The molecular formula is C15H30N4O. The molecule has 0 amide bonds. The van der Waals surface area contributed by atoms with Gasteiger partial charge in [-0.2, -0.15) is 0 Å². The van der Waals surface area contributed by atoms with Crippen molar-refractivity contribution in [3.63, 3.8) is 0 Å². The van der Waals surface area contributed by atoms with Gasteiger partial charge in [-0.3, -0.25) is 10.3 Å². The predicted molar refractivity (Wildman–Crippen MR) is 82.2 cm³/mol. The van der Waals surface area contributed by atoms with E-state index in [4.69, 9.17) is 15.9 Å². The monoisotopic (exact) mass is 282 g/mol. The summed E-state index contributed by atoms with van der Waals surface area (Å²) in [6, 6.07) is 0.722. The van der Waals surface area contributed by atoms with Crippen molar-refractivity contribution < 1.29 is 4.74 Å². The molecule has 2 fully saturated rings. The minimum absolute atomic E-state index is 0.149. The van der Waals surface area contributed by atoms with Gasteiger partial charge in [0.05, 0.1) is 19.0 Å². The van der Waals surface area contributed by atoms with Gasteiger partial charge in [0, 0.05) is 31.1 Å². The van der Waals surface area contributed by atoms with Gasteiger partial charge >= 0.3 is 0 Å². The fourth-order valence-corrected chi connectivity index (χ4v) is 3.14. The van der Waals surface area contributed by atoms with E-state index in [0.29, 0.717) is 5.84 Å². The van der Waals surface area contributed by atoms with Crippen LogP contribution in [0.25, 0.3) is 0 Å². The summed E-state index contributed by atoms with van der Waals surface area (Å²) >= 11 is 0. The summed E-state index contributed by atoms with van der Waals surface area (Å²) in [5.41, 5.74) is 5.49. The van der Waals surface area contributed by atoms with E-state index in [9.17, 15) is 0 Å². The molecule has 2 rings (SSSR count). The molecule has 5 heteroatoms. The molecule has 1 atom stereocenters. The maximum absolute atomic E-state index is 7.60. The van der Waals surface area contributed by atoms with Gasteiger partial charge in [0.1, 0.15) is 0 Å². The van der Waals surface area contributed by atoms with E-state index in [-0.39, 0.29) is 5.41 Å². The van der Waals surface area contributed by atoms with Crippen molar-refractivity contribution in [2.75, 3.05) is 45.9 Å². The largest absolute Gasteiger partial charge is 0.387 e. The topological polar surface area (TPSA) is 65.6 Å². The molecule has 0 aromatic heterocycles. The minimum atomic E-state index is -0.149. The highest BCUT2D eigenvalue weighted by molar-refractivity contribution is 5.82. The Balaban J connectivity index is 1.67. The maximum atomic E-state index is 7.60. The Morgan fingerprint density at radius 2 is 2.00 bits per heavy atom. The first kappa shape index (κ1) is 15.7. The van der Waals surface area contributed by atoms with Crippen LogP contribution in [0.5, 0.6) is 0 Å². The molecule has 0 saturated carbocycles. The van der Waals surface area contributed by atoms with Crippen molar-refractivity contribution in [2.45, 2.75) is 39.2 Å². The van der Waals surface area contributed by atoms with Crippen molar-refractivity contribution in [2.24, 2.45) is 11.1 Å². The van der Waals surface area contributed by atoms with E-state index in [1.807, 2.05) is 0 Å². The van der Waals surface area contributed by atoms with Gasteiger partial charge in [0.25, 0.3) is 0 Å². The second-order valence-corrected chi connectivity index (χ2v) is 6.79. The lowest BCUT2D eigenvalue weighted by Crippen LogP contribution is -2.44. The van der Waals surface area contributed by atoms with Gasteiger partial charge in [-0.05, 0) is 32.4 Å². The Kier molecular flexibility index (Phi) is 5.41. The van der Waals surface area contributed by atoms with Crippen LogP contribution in [0.15, 0.2) is 0 Å². The fourth-order valence-electron chi connectivity index (χ4n) is 3.14. The Morgan fingerprint density at radius 1 is 1.30 bits per heavy atom. The van der Waals surface area contributed by atoms with Crippen molar-refractivity contribution in [3.8, 4) is 0 Å². The third kappa shape index (κ3) is 4.17. The van der Waals surface area contributed by atoms with Crippen LogP contribution in [-0.4, -0.2) is 67.6 Å². The molecule has 2 aliphatic rings. The molecule has 2 aliphatic heterocycles. The smallest absolute Gasteiger partial charge is 0.0963 e. The zero-order chi connectivity index (χ0) is 14.6. The third-order valence-electron chi connectivity index (χ3n) is 4.81. The average Bonchev–Trinajstić information content (AvgIpc) is 2.88. The molecular weight excluding hydrogens is 252 g/mol. The number of hydrogen-bond acceptors (Lipinski definition) is 4. The SMILES string of the molecule is CC(C)(CCCN1CCC(N2CCOCC2)C1)C(=N)N. The summed E-state index contributed by atoms with van der Waals surface area (Å²) in [4.78, 5) is 5.15. The number of nitrogens with zero attached hydrogens (tertiary/aromatic N) is 2. The Labute approximate surface area is 122 Å². The highest BCUT2D eigenvalue weighted by Crippen LogP contribution is 2.23. The summed E-state index contributed by atoms with van der Waals surface area (Å²) < 4.78 is 5.42. The van der Waals surface area contributed by atoms with Crippen molar-refractivity contribution in [1.82, 2.24) is 9.80 Å². The molecule has 20 heavy (non-hydrogen) atoms. The van der Waals surface area contributed by atoms with Crippen LogP contribution in [-0.2, 0) is 4.74 Å². The zero-order valence-electron chi connectivity index (χ0n) is 13.0. The molecule has 0 aliphatic carbocycles. The number of rotatable bonds is 6. The van der Waals surface area contributed by atoms with E-state index in [1.165, 1.54) is 19.5 Å². The summed E-state index contributed by atoms with van der Waals surface area (Å²) in [6.07, 6.45) is 3.42. The number of amidine groups is 1. The van der Waals surface area contributed by atoms with Crippen LogP contribution >= 0.6 is 0 Å². The number of nitrogens with one attached hydrogen (secondary N) is 1. The summed E-state index contributed by atoms with van der Waals surface area (Å²) in [5.74, 6) is 0.310. The lowest BCUT2D eigenvalue weighted by molar-refractivity contribution is 0.0185. The van der Waals surface area contributed by atoms with Crippen molar-refractivity contribution >= 4 is 5.84 Å². The quantitative estimate of drug-likeness (QED) is 0.566. The van der Waals surface area contributed by atoms with Crippen LogP contribution < -0.4 is 5.73 Å². The molecule has 2 saturated heterocycles. The van der Waals surface area contributed by atoms with Gasteiger partial charge in [0.15, 0.2) is 0 Å². The summed E-state index contributed by atoms with van der Waals surface area (Å²) in [5, 5.41) is 7.60. The first-order valence-corrected chi connectivity index (χ1v) is 7.88. The van der Waals surface area contributed by atoms with Gasteiger partial charge in [-0.25, -0.2) is 0 Å². The van der Waals surface area contributed by atoms with Crippen LogP contribution in [0.1, 0.15) is 33.1 Å². The molecule has 0 bridgehead atoms. The van der Waals surface area contributed by atoms with Gasteiger partial charge in [0.2, 0.25) is 0 Å². The first-order chi connectivity index (χ1) is 9.49. The van der Waals surface area contributed by atoms with E-state index in [2.05, 4.69) is 23.6 Å². The van der Waals surface area contributed by atoms with Gasteiger partial charge < -0.3 is 15.4 Å². The molecule has 0 aromatic rings. The van der Waals surface area contributed by atoms with Crippen LogP contribution in [0.3, 0.4) is 0 Å². The van der Waals surface area contributed by atoms with Crippen molar-refractivity contribution in [3.05, 3.63) is 0 Å². The second kappa shape index (κ2) is 6.87. The van der Waals surface area contributed by atoms with E-state index >= 15 is 0 Å². The summed E-state index contributed by atoms with van der Waals surface area (Å²) in [6.45, 7) is 11.6. The van der Waals surface area contributed by atoms with Gasteiger partial charge in [-0.1, -0.05) is 13.8 Å². The molecule has 0 aromatic carbocycles. The Hall–Kier alpha value is -0.650.